The number of carbonyl (C=O) groups is 1. The van der Waals surface area contributed by atoms with Crippen LogP contribution in [0.15, 0.2) is 24.4 Å². The maximum Gasteiger partial charge on any atom is 0.307 e. The van der Waals surface area contributed by atoms with Crippen LogP contribution in [0.4, 0.5) is 8.78 Å². The van der Waals surface area contributed by atoms with Crippen LogP contribution >= 0.6 is 0 Å². The minimum Gasteiger partial charge on any atom is -0.481 e. The zero-order chi connectivity index (χ0) is 13.6. The number of rotatable bonds is 2. The Kier molecular flexibility index (Phi) is 2.45. The van der Waals surface area contributed by atoms with Gasteiger partial charge in [-0.25, -0.2) is 8.78 Å². The highest BCUT2D eigenvalue weighted by Gasteiger charge is 2.12. The number of nitrogens with one attached hydrogen (secondary N) is 1. The molecule has 19 heavy (non-hydrogen) atoms. The zero-order valence-corrected chi connectivity index (χ0v) is 9.58. The van der Waals surface area contributed by atoms with E-state index in [2.05, 4.69) is 9.97 Å². The number of nitrogens with zero attached hydrogens (tertiary/aromatic N) is 1. The van der Waals surface area contributed by atoms with Crippen molar-refractivity contribution in [2.45, 2.75) is 6.42 Å². The van der Waals surface area contributed by atoms with Crippen LogP contribution in [0.2, 0.25) is 0 Å². The monoisotopic (exact) mass is 262 g/mol. The molecule has 0 spiro atoms. The summed E-state index contributed by atoms with van der Waals surface area (Å²) in [5.74, 6) is -2.36. The number of fused-ring (bicyclic) bond motifs is 3. The van der Waals surface area contributed by atoms with Gasteiger partial charge in [0.2, 0.25) is 0 Å². The molecule has 4 nitrogen and oxygen atoms in total. The molecule has 0 atom stereocenters. The van der Waals surface area contributed by atoms with Gasteiger partial charge in [0.25, 0.3) is 0 Å². The largest absolute Gasteiger partial charge is 0.481 e. The molecule has 96 valence electrons. The number of benzene rings is 1. The smallest absolute Gasteiger partial charge is 0.307 e. The second kappa shape index (κ2) is 4.01. The predicted molar refractivity (Wildman–Crippen MR) is 64.9 cm³/mol. The third kappa shape index (κ3) is 1.91. The Labute approximate surface area is 105 Å². The number of aliphatic carboxylic acids is 1. The van der Waals surface area contributed by atoms with E-state index >= 15 is 0 Å². The van der Waals surface area contributed by atoms with Gasteiger partial charge in [-0.05, 0) is 17.7 Å². The average molecular weight is 262 g/mol. The Morgan fingerprint density at radius 2 is 2.11 bits per heavy atom. The van der Waals surface area contributed by atoms with Gasteiger partial charge in [0.1, 0.15) is 11.6 Å². The topological polar surface area (TPSA) is 66.0 Å². The van der Waals surface area contributed by atoms with Gasteiger partial charge in [-0.15, -0.1) is 0 Å². The quantitative estimate of drug-likeness (QED) is 0.746. The lowest BCUT2D eigenvalue weighted by Gasteiger charge is -1.96. The fourth-order valence-corrected chi connectivity index (χ4v) is 2.11. The highest BCUT2D eigenvalue weighted by molar-refractivity contribution is 6.05. The number of H-pyrrole nitrogens is 1. The van der Waals surface area contributed by atoms with E-state index in [9.17, 15) is 13.6 Å². The molecule has 1 aromatic carbocycles. The van der Waals surface area contributed by atoms with Gasteiger partial charge in [0, 0.05) is 17.6 Å². The standard InChI is InChI=1S/C13H8F2N2O2/c14-7-3-8-12(9(15)4-7)17-10-1-6(2-11(18)19)5-16-13(8)10/h1,3-5,17H,2H2,(H,18,19). The van der Waals surface area contributed by atoms with Crippen molar-refractivity contribution in [2.75, 3.05) is 0 Å². The van der Waals surface area contributed by atoms with Crippen molar-refractivity contribution in [2.24, 2.45) is 0 Å². The Morgan fingerprint density at radius 3 is 2.84 bits per heavy atom. The fraction of sp³-hybridized carbons (Fsp3) is 0.0769. The summed E-state index contributed by atoms with van der Waals surface area (Å²) in [6.07, 6.45) is 1.22. The van der Waals surface area contributed by atoms with Crippen LogP contribution in [-0.2, 0) is 11.2 Å². The van der Waals surface area contributed by atoms with Gasteiger partial charge in [-0.1, -0.05) is 0 Å². The Hall–Kier alpha value is -2.50. The van der Waals surface area contributed by atoms with Crippen LogP contribution in [0.25, 0.3) is 21.9 Å². The van der Waals surface area contributed by atoms with Gasteiger partial charge in [-0.2, -0.15) is 0 Å². The Balaban J connectivity index is 2.28. The lowest BCUT2D eigenvalue weighted by molar-refractivity contribution is -0.136. The minimum atomic E-state index is -0.977. The van der Waals surface area contributed by atoms with Gasteiger partial charge in [0.15, 0.2) is 0 Å². The fourth-order valence-electron chi connectivity index (χ4n) is 2.11. The summed E-state index contributed by atoms with van der Waals surface area (Å²) >= 11 is 0. The van der Waals surface area contributed by atoms with Crippen LogP contribution in [0.5, 0.6) is 0 Å². The van der Waals surface area contributed by atoms with Crippen LogP contribution < -0.4 is 0 Å². The molecule has 0 radical (unpaired) electrons. The Morgan fingerprint density at radius 1 is 1.32 bits per heavy atom. The molecule has 2 heterocycles. The molecular weight excluding hydrogens is 254 g/mol. The van der Waals surface area contributed by atoms with Gasteiger partial charge in [0.05, 0.1) is 23.0 Å². The third-order valence-corrected chi connectivity index (χ3v) is 2.87. The second-order valence-electron chi connectivity index (χ2n) is 4.25. The summed E-state index contributed by atoms with van der Waals surface area (Å²) in [4.78, 5) is 17.5. The van der Waals surface area contributed by atoms with Crippen molar-refractivity contribution in [1.82, 2.24) is 9.97 Å². The number of pyridine rings is 1. The molecule has 0 aliphatic heterocycles. The first kappa shape index (κ1) is 11.6. The number of halogens is 2. The van der Waals surface area contributed by atoms with Crippen molar-refractivity contribution in [1.29, 1.82) is 0 Å². The molecule has 2 aromatic heterocycles. The highest BCUT2D eigenvalue weighted by Crippen LogP contribution is 2.27. The SMILES string of the molecule is O=C(O)Cc1cnc2c(c1)[nH]c1c(F)cc(F)cc12. The van der Waals surface area contributed by atoms with Crippen LogP contribution in [0.1, 0.15) is 5.56 Å². The maximum absolute atomic E-state index is 13.6. The number of hydrogen-bond acceptors (Lipinski definition) is 2. The van der Waals surface area contributed by atoms with Crippen molar-refractivity contribution >= 4 is 27.9 Å². The number of carboxylic acids is 1. The summed E-state index contributed by atoms with van der Waals surface area (Å²) < 4.78 is 26.8. The predicted octanol–water partition coefficient (Wildman–Crippen LogP) is 2.62. The molecule has 0 saturated heterocycles. The molecule has 0 saturated carbocycles. The van der Waals surface area contributed by atoms with Crippen molar-refractivity contribution in [3.05, 3.63) is 41.6 Å². The molecule has 0 bridgehead atoms. The van der Waals surface area contributed by atoms with E-state index in [1.807, 2.05) is 0 Å². The lowest BCUT2D eigenvalue weighted by atomic mass is 10.1. The van der Waals surface area contributed by atoms with E-state index in [-0.39, 0.29) is 11.9 Å². The zero-order valence-electron chi connectivity index (χ0n) is 9.58. The number of aromatic amines is 1. The van der Waals surface area contributed by atoms with Crippen LogP contribution in [-0.4, -0.2) is 21.0 Å². The summed E-state index contributed by atoms with van der Waals surface area (Å²) in [6, 6.07) is 3.56. The van der Waals surface area contributed by atoms with Gasteiger partial charge in [-0.3, -0.25) is 9.78 Å². The Bertz CT molecular complexity index is 811. The molecule has 0 aliphatic rings. The molecular formula is C13H8F2N2O2. The van der Waals surface area contributed by atoms with Crippen molar-refractivity contribution in [3.63, 3.8) is 0 Å². The second-order valence-corrected chi connectivity index (χ2v) is 4.25. The summed E-state index contributed by atoms with van der Waals surface area (Å²) in [7, 11) is 0. The summed E-state index contributed by atoms with van der Waals surface area (Å²) in [5, 5.41) is 9.05. The first-order chi connectivity index (χ1) is 9.04. The summed E-state index contributed by atoms with van der Waals surface area (Å²) in [5.41, 5.74) is 1.56. The number of carboxylic acid groups (broad SMARTS) is 1. The van der Waals surface area contributed by atoms with Crippen molar-refractivity contribution in [3.8, 4) is 0 Å². The average Bonchev–Trinajstić information content (AvgIpc) is 2.66. The number of hydrogen-bond donors (Lipinski definition) is 2. The van der Waals surface area contributed by atoms with Gasteiger partial charge >= 0.3 is 5.97 Å². The van der Waals surface area contributed by atoms with E-state index in [0.717, 1.165) is 6.07 Å². The molecule has 3 aromatic rings. The molecule has 6 heteroatoms. The van der Waals surface area contributed by atoms with Gasteiger partial charge < -0.3 is 10.1 Å². The molecule has 0 aliphatic carbocycles. The van der Waals surface area contributed by atoms with Crippen molar-refractivity contribution < 1.29 is 18.7 Å². The normalized spacial score (nSPS) is 11.3. The van der Waals surface area contributed by atoms with E-state index in [1.54, 1.807) is 6.07 Å². The molecule has 0 amide bonds. The maximum atomic E-state index is 13.6. The first-order valence-corrected chi connectivity index (χ1v) is 5.52. The molecule has 0 unspecified atom stereocenters. The van der Waals surface area contributed by atoms with Crippen LogP contribution in [0.3, 0.4) is 0 Å². The van der Waals surface area contributed by atoms with E-state index in [0.29, 0.717) is 22.0 Å². The first-order valence-electron chi connectivity index (χ1n) is 5.52. The molecule has 0 fully saturated rings. The van der Waals surface area contributed by atoms with E-state index in [4.69, 9.17) is 5.11 Å². The lowest BCUT2D eigenvalue weighted by Crippen LogP contribution is -2.00. The summed E-state index contributed by atoms with van der Waals surface area (Å²) in [6.45, 7) is 0. The molecule has 3 rings (SSSR count). The van der Waals surface area contributed by atoms with E-state index in [1.165, 1.54) is 12.3 Å². The van der Waals surface area contributed by atoms with E-state index < -0.39 is 17.6 Å². The molecule has 2 N–H and O–H groups in total. The third-order valence-electron chi connectivity index (χ3n) is 2.87. The minimum absolute atomic E-state index is 0.163. The van der Waals surface area contributed by atoms with Crippen LogP contribution in [0, 0.1) is 11.6 Å². The highest BCUT2D eigenvalue weighted by atomic mass is 19.1. The number of aromatic nitrogens is 2.